The molecule has 8 heteroatoms. The van der Waals surface area contributed by atoms with Crippen LogP contribution >= 0.6 is 22.9 Å². The van der Waals surface area contributed by atoms with Crippen molar-refractivity contribution < 1.29 is 14.3 Å². The Labute approximate surface area is 158 Å². The van der Waals surface area contributed by atoms with E-state index in [0.717, 1.165) is 10.3 Å². The number of nitrogens with zero attached hydrogens (tertiary/aromatic N) is 3. The molecule has 0 atom stereocenters. The fraction of sp³-hybridized carbons (Fsp3) is 0.167. The summed E-state index contributed by atoms with van der Waals surface area (Å²) in [7, 11) is 0. The molecule has 2 aromatic heterocycles. The van der Waals surface area contributed by atoms with Crippen LogP contribution in [0.15, 0.2) is 54.7 Å². The summed E-state index contributed by atoms with van der Waals surface area (Å²) in [4.78, 5) is 23.2. The topological polar surface area (TPSA) is 64.6 Å². The number of fused-ring (bicyclic) bond motifs is 1. The average Bonchev–Trinajstić information content (AvgIpc) is 3.12. The van der Waals surface area contributed by atoms with Crippen LogP contribution in [0.5, 0.6) is 0 Å². The van der Waals surface area contributed by atoms with Gasteiger partial charge < -0.3 is 9.47 Å². The van der Waals surface area contributed by atoms with E-state index in [1.807, 2.05) is 24.3 Å². The summed E-state index contributed by atoms with van der Waals surface area (Å²) in [6, 6.07) is 9.28. The molecule has 3 aromatic rings. The van der Waals surface area contributed by atoms with E-state index in [1.54, 1.807) is 23.4 Å². The van der Waals surface area contributed by atoms with Gasteiger partial charge in [0.05, 0.1) is 16.3 Å². The molecule has 1 amide bonds. The van der Waals surface area contributed by atoms with Crippen molar-refractivity contribution in [2.24, 2.45) is 0 Å². The minimum atomic E-state index is -0.309. The second-order valence-electron chi connectivity index (χ2n) is 5.53. The largest absolute Gasteiger partial charge is 0.494 e. The first kappa shape index (κ1) is 16.8. The number of pyridine rings is 1. The molecule has 3 heterocycles. The number of hydrogen-bond acceptors (Lipinski definition) is 6. The zero-order valence-corrected chi connectivity index (χ0v) is 15.2. The molecule has 132 valence electrons. The van der Waals surface area contributed by atoms with Crippen LogP contribution < -0.4 is 4.90 Å². The van der Waals surface area contributed by atoms with Crippen molar-refractivity contribution in [2.75, 3.05) is 18.1 Å². The number of halogens is 1. The van der Waals surface area contributed by atoms with Crippen LogP contribution in [-0.2, 0) is 20.8 Å². The molecule has 0 saturated heterocycles. The number of benzene rings is 1. The molecule has 0 bridgehead atoms. The van der Waals surface area contributed by atoms with E-state index in [0.29, 0.717) is 35.4 Å². The quantitative estimate of drug-likeness (QED) is 0.681. The Morgan fingerprint density at radius 1 is 1.23 bits per heavy atom. The summed E-state index contributed by atoms with van der Waals surface area (Å²) in [5, 5.41) is 1.10. The molecule has 0 spiro atoms. The fourth-order valence-electron chi connectivity index (χ4n) is 2.53. The van der Waals surface area contributed by atoms with Gasteiger partial charge in [-0.1, -0.05) is 29.0 Å². The molecule has 0 N–H and O–H groups in total. The number of rotatable bonds is 4. The lowest BCUT2D eigenvalue weighted by Crippen LogP contribution is -2.33. The van der Waals surface area contributed by atoms with Gasteiger partial charge in [-0.15, -0.1) is 0 Å². The molecule has 0 fully saturated rings. The normalized spacial score (nSPS) is 13.7. The van der Waals surface area contributed by atoms with Crippen LogP contribution in [0.1, 0.15) is 5.56 Å². The van der Waals surface area contributed by atoms with Crippen molar-refractivity contribution >= 4 is 44.2 Å². The predicted octanol–water partition coefficient (Wildman–Crippen LogP) is 3.77. The van der Waals surface area contributed by atoms with Crippen molar-refractivity contribution in [3.63, 3.8) is 0 Å². The SMILES string of the molecule is O=C(C1=COCCO1)N(Cc1ccncc1)c1nc2c(Cl)cccc2s1. The van der Waals surface area contributed by atoms with E-state index in [9.17, 15) is 4.79 Å². The van der Waals surface area contributed by atoms with Gasteiger partial charge in [-0.05, 0) is 29.8 Å². The van der Waals surface area contributed by atoms with Gasteiger partial charge in [0.25, 0.3) is 5.91 Å². The summed E-state index contributed by atoms with van der Waals surface area (Å²) < 4.78 is 11.6. The average molecular weight is 388 g/mol. The highest BCUT2D eigenvalue weighted by molar-refractivity contribution is 7.22. The molecule has 0 saturated carbocycles. The zero-order valence-electron chi connectivity index (χ0n) is 13.6. The van der Waals surface area contributed by atoms with Crippen LogP contribution in [0, 0.1) is 0 Å². The van der Waals surface area contributed by atoms with Crippen molar-refractivity contribution in [3.05, 3.63) is 65.3 Å². The molecule has 1 aliphatic heterocycles. The fourth-order valence-corrected chi connectivity index (χ4v) is 3.79. The van der Waals surface area contributed by atoms with Gasteiger partial charge in [-0.2, -0.15) is 0 Å². The number of anilines is 1. The Morgan fingerprint density at radius 3 is 2.81 bits per heavy atom. The Bertz CT molecular complexity index is 974. The standard InChI is InChI=1S/C18H14ClN3O3S/c19-13-2-1-3-15-16(13)21-18(26-15)22(10-12-4-6-20-7-5-12)17(23)14-11-24-8-9-25-14/h1-7,11H,8-10H2. The summed E-state index contributed by atoms with van der Waals surface area (Å²) in [5.74, 6) is -0.146. The molecule has 1 aliphatic rings. The molecule has 0 unspecified atom stereocenters. The van der Waals surface area contributed by atoms with Gasteiger partial charge in [0.15, 0.2) is 5.13 Å². The highest BCUT2D eigenvalue weighted by Gasteiger charge is 2.26. The molecule has 6 nitrogen and oxygen atoms in total. The maximum Gasteiger partial charge on any atom is 0.298 e. The number of carbonyl (C=O) groups excluding carboxylic acids is 1. The van der Waals surface area contributed by atoms with E-state index >= 15 is 0 Å². The first-order valence-electron chi connectivity index (χ1n) is 7.93. The monoisotopic (exact) mass is 387 g/mol. The van der Waals surface area contributed by atoms with Gasteiger partial charge in [-0.3, -0.25) is 14.7 Å². The zero-order chi connectivity index (χ0) is 17.9. The molecule has 0 radical (unpaired) electrons. The van der Waals surface area contributed by atoms with Crippen molar-refractivity contribution in [3.8, 4) is 0 Å². The van der Waals surface area contributed by atoms with Crippen molar-refractivity contribution in [1.29, 1.82) is 0 Å². The summed E-state index contributed by atoms with van der Waals surface area (Å²) in [6.07, 6.45) is 4.73. The van der Waals surface area contributed by atoms with Crippen LogP contribution in [0.2, 0.25) is 5.02 Å². The van der Waals surface area contributed by atoms with Gasteiger partial charge in [0.2, 0.25) is 5.76 Å². The van der Waals surface area contributed by atoms with E-state index in [1.165, 1.54) is 17.6 Å². The predicted molar refractivity (Wildman–Crippen MR) is 100 cm³/mol. The van der Waals surface area contributed by atoms with Crippen molar-refractivity contribution in [1.82, 2.24) is 9.97 Å². The van der Waals surface area contributed by atoms with Gasteiger partial charge in [0, 0.05) is 12.4 Å². The van der Waals surface area contributed by atoms with Gasteiger partial charge in [-0.25, -0.2) is 4.98 Å². The van der Waals surface area contributed by atoms with Crippen LogP contribution in [-0.4, -0.2) is 29.1 Å². The highest BCUT2D eigenvalue weighted by Crippen LogP contribution is 2.34. The number of amides is 1. The third-order valence-electron chi connectivity index (χ3n) is 3.78. The minimum Gasteiger partial charge on any atom is -0.494 e. The molecule has 1 aromatic carbocycles. The maximum absolute atomic E-state index is 13.0. The van der Waals surface area contributed by atoms with E-state index in [2.05, 4.69) is 9.97 Å². The Balaban J connectivity index is 1.74. The van der Waals surface area contributed by atoms with Crippen molar-refractivity contribution in [2.45, 2.75) is 6.54 Å². The van der Waals surface area contributed by atoms with E-state index in [-0.39, 0.29) is 11.7 Å². The number of carbonyl (C=O) groups is 1. The third-order valence-corrected chi connectivity index (χ3v) is 5.13. The molecule has 26 heavy (non-hydrogen) atoms. The lowest BCUT2D eigenvalue weighted by Gasteiger charge is -2.23. The van der Waals surface area contributed by atoms with Crippen LogP contribution in [0.25, 0.3) is 10.2 Å². The van der Waals surface area contributed by atoms with Crippen LogP contribution in [0.4, 0.5) is 5.13 Å². The molecule has 0 aliphatic carbocycles. The first-order valence-corrected chi connectivity index (χ1v) is 9.12. The maximum atomic E-state index is 13.0. The molecular formula is C18H14ClN3O3S. The lowest BCUT2D eigenvalue weighted by molar-refractivity contribution is -0.119. The van der Waals surface area contributed by atoms with Crippen LogP contribution in [0.3, 0.4) is 0 Å². The van der Waals surface area contributed by atoms with Gasteiger partial charge >= 0.3 is 0 Å². The molecule has 4 rings (SSSR count). The number of aromatic nitrogens is 2. The second kappa shape index (κ2) is 7.31. The van der Waals surface area contributed by atoms with E-state index < -0.39 is 0 Å². The Hall–Kier alpha value is -2.64. The Morgan fingerprint density at radius 2 is 2.08 bits per heavy atom. The Kier molecular flexibility index (Phi) is 4.73. The number of ether oxygens (including phenoxy) is 2. The second-order valence-corrected chi connectivity index (χ2v) is 6.95. The summed E-state index contributed by atoms with van der Waals surface area (Å²) in [5.41, 5.74) is 1.60. The number of para-hydroxylation sites is 1. The molecular weight excluding hydrogens is 374 g/mol. The number of thiazole rings is 1. The summed E-state index contributed by atoms with van der Waals surface area (Å²) >= 11 is 7.64. The summed E-state index contributed by atoms with van der Waals surface area (Å²) in [6.45, 7) is 1.10. The highest BCUT2D eigenvalue weighted by atomic mass is 35.5. The minimum absolute atomic E-state index is 0.163. The number of hydrogen-bond donors (Lipinski definition) is 0. The first-order chi connectivity index (χ1) is 12.7. The third kappa shape index (κ3) is 3.36. The van der Waals surface area contributed by atoms with E-state index in [4.69, 9.17) is 21.1 Å². The lowest BCUT2D eigenvalue weighted by atomic mass is 10.2. The van der Waals surface area contributed by atoms with Gasteiger partial charge in [0.1, 0.15) is 25.0 Å². The smallest absolute Gasteiger partial charge is 0.298 e.